The molecule has 1 aliphatic rings. The van der Waals surface area contributed by atoms with Gasteiger partial charge in [0.1, 0.15) is 0 Å². The highest BCUT2D eigenvalue weighted by atomic mass is 15.3. The fourth-order valence-electron chi connectivity index (χ4n) is 2.82. The molecular formula is C16H30N4. The van der Waals surface area contributed by atoms with Crippen LogP contribution in [0.4, 0.5) is 0 Å². The summed E-state index contributed by atoms with van der Waals surface area (Å²) in [5.74, 6) is 0. The van der Waals surface area contributed by atoms with Gasteiger partial charge in [-0.1, -0.05) is 13.8 Å². The quantitative estimate of drug-likeness (QED) is 0.899. The summed E-state index contributed by atoms with van der Waals surface area (Å²) in [4.78, 5) is 2.55. The third kappa shape index (κ3) is 3.83. The third-order valence-electron chi connectivity index (χ3n) is 4.65. The van der Waals surface area contributed by atoms with E-state index >= 15 is 0 Å². The van der Waals surface area contributed by atoms with Gasteiger partial charge >= 0.3 is 0 Å². The first kappa shape index (κ1) is 15.5. The third-order valence-corrected chi connectivity index (χ3v) is 4.65. The molecule has 0 bridgehead atoms. The maximum atomic E-state index is 4.73. The number of nitrogens with zero attached hydrogens (tertiary/aromatic N) is 3. The van der Waals surface area contributed by atoms with Crippen LogP contribution in [0.25, 0.3) is 0 Å². The van der Waals surface area contributed by atoms with Crippen molar-refractivity contribution in [3.8, 4) is 0 Å². The predicted molar refractivity (Wildman–Crippen MR) is 83.8 cm³/mol. The van der Waals surface area contributed by atoms with Gasteiger partial charge in [0, 0.05) is 30.9 Å². The summed E-state index contributed by atoms with van der Waals surface area (Å²) in [6.07, 6.45) is 5.65. The van der Waals surface area contributed by atoms with Crippen molar-refractivity contribution in [2.75, 3.05) is 19.6 Å². The second-order valence-electron chi connectivity index (χ2n) is 6.45. The molecular weight excluding hydrogens is 248 g/mol. The number of hydrogen-bond donors (Lipinski definition) is 1. The molecule has 2 atom stereocenters. The Morgan fingerprint density at radius 1 is 1.45 bits per heavy atom. The van der Waals surface area contributed by atoms with Crippen molar-refractivity contribution in [3.05, 3.63) is 18.0 Å². The van der Waals surface area contributed by atoms with E-state index in [-0.39, 0.29) is 5.54 Å². The van der Waals surface area contributed by atoms with Crippen LogP contribution in [0, 0.1) is 0 Å². The van der Waals surface area contributed by atoms with Gasteiger partial charge in [-0.3, -0.25) is 9.58 Å². The van der Waals surface area contributed by atoms with Crippen molar-refractivity contribution in [1.29, 1.82) is 0 Å². The van der Waals surface area contributed by atoms with Crippen LogP contribution >= 0.6 is 0 Å². The van der Waals surface area contributed by atoms with Crippen molar-refractivity contribution in [1.82, 2.24) is 20.0 Å². The molecule has 4 heteroatoms. The number of aromatic nitrogens is 2. The second-order valence-corrected chi connectivity index (χ2v) is 6.45. The zero-order valence-electron chi connectivity index (χ0n) is 13.5. The molecule has 114 valence electrons. The molecule has 1 N–H and O–H groups in total. The van der Waals surface area contributed by atoms with Gasteiger partial charge in [-0.05, 0) is 52.3 Å². The van der Waals surface area contributed by atoms with Crippen molar-refractivity contribution in [3.63, 3.8) is 0 Å². The lowest BCUT2D eigenvalue weighted by atomic mass is 9.98. The highest BCUT2D eigenvalue weighted by molar-refractivity contribution is 5.01. The lowest BCUT2D eigenvalue weighted by Crippen LogP contribution is -2.48. The lowest BCUT2D eigenvalue weighted by Gasteiger charge is -2.32. The summed E-state index contributed by atoms with van der Waals surface area (Å²) in [5.41, 5.74) is 1.45. The topological polar surface area (TPSA) is 33.1 Å². The first-order chi connectivity index (χ1) is 9.56. The van der Waals surface area contributed by atoms with Gasteiger partial charge in [-0.2, -0.15) is 5.10 Å². The van der Waals surface area contributed by atoms with Crippen LogP contribution in [0.1, 0.15) is 58.7 Å². The second kappa shape index (κ2) is 6.72. The Morgan fingerprint density at radius 2 is 2.25 bits per heavy atom. The molecule has 2 heterocycles. The van der Waals surface area contributed by atoms with E-state index in [1.165, 1.54) is 25.1 Å². The van der Waals surface area contributed by atoms with Gasteiger partial charge < -0.3 is 5.32 Å². The van der Waals surface area contributed by atoms with Crippen molar-refractivity contribution < 1.29 is 0 Å². The first-order valence-electron chi connectivity index (χ1n) is 8.07. The van der Waals surface area contributed by atoms with Gasteiger partial charge in [0.15, 0.2) is 0 Å². The minimum Gasteiger partial charge on any atom is -0.310 e. The van der Waals surface area contributed by atoms with Gasteiger partial charge in [0.2, 0.25) is 0 Å². The maximum absolute atomic E-state index is 4.73. The van der Waals surface area contributed by atoms with Crippen LogP contribution in [-0.2, 0) is 6.54 Å². The zero-order valence-corrected chi connectivity index (χ0v) is 13.5. The highest BCUT2D eigenvalue weighted by Crippen LogP contribution is 2.17. The average molecular weight is 278 g/mol. The van der Waals surface area contributed by atoms with E-state index in [0.29, 0.717) is 6.04 Å². The molecule has 20 heavy (non-hydrogen) atoms. The molecule has 1 aromatic heterocycles. The molecule has 1 fully saturated rings. The number of nitrogens with one attached hydrogen (secondary N) is 1. The Kier molecular flexibility index (Phi) is 5.22. The molecule has 0 aliphatic carbocycles. The molecule has 2 rings (SSSR count). The normalized spacial score (nSPS) is 26.4. The Balaban J connectivity index is 1.99. The fourth-order valence-corrected chi connectivity index (χ4v) is 2.82. The van der Waals surface area contributed by atoms with Crippen LogP contribution in [0.15, 0.2) is 12.3 Å². The lowest BCUT2D eigenvalue weighted by molar-refractivity contribution is 0.206. The minimum atomic E-state index is 0.246. The van der Waals surface area contributed by atoms with E-state index in [4.69, 9.17) is 5.10 Å². The molecule has 1 aliphatic heterocycles. The average Bonchev–Trinajstić information content (AvgIpc) is 2.82. The van der Waals surface area contributed by atoms with Gasteiger partial charge in [-0.25, -0.2) is 0 Å². The summed E-state index contributed by atoms with van der Waals surface area (Å²) in [7, 11) is 0. The van der Waals surface area contributed by atoms with E-state index in [9.17, 15) is 0 Å². The molecule has 0 amide bonds. The van der Waals surface area contributed by atoms with E-state index in [2.05, 4.69) is 54.9 Å². The van der Waals surface area contributed by atoms with Gasteiger partial charge in [0.25, 0.3) is 0 Å². The number of hydrogen-bond acceptors (Lipinski definition) is 3. The first-order valence-corrected chi connectivity index (χ1v) is 8.07. The van der Waals surface area contributed by atoms with Crippen molar-refractivity contribution in [2.24, 2.45) is 0 Å². The predicted octanol–water partition coefficient (Wildman–Crippen LogP) is 2.82. The Bertz CT molecular complexity index is 414. The van der Waals surface area contributed by atoms with Crippen LogP contribution in [-0.4, -0.2) is 39.9 Å². The largest absolute Gasteiger partial charge is 0.310 e. The Morgan fingerprint density at radius 3 is 2.95 bits per heavy atom. The maximum Gasteiger partial charge on any atom is 0.0764 e. The smallest absolute Gasteiger partial charge is 0.0764 e. The molecule has 0 spiro atoms. The van der Waals surface area contributed by atoms with E-state index in [1.54, 1.807) is 0 Å². The molecule has 1 aromatic rings. The fraction of sp³-hybridized carbons (Fsp3) is 0.812. The molecule has 0 saturated carbocycles. The van der Waals surface area contributed by atoms with E-state index in [0.717, 1.165) is 26.1 Å². The van der Waals surface area contributed by atoms with Crippen molar-refractivity contribution in [2.45, 2.75) is 65.1 Å². The molecule has 0 aromatic carbocycles. The Labute approximate surface area is 123 Å². The molecule has 0 radical (unpaired) electrons. The van der Waals surface area contributed by atoms with Crippen LogP contribution in [0.2, 0.25) is 0 Å². The summed E-state index contributed by atoms with van der Waals surface area (Å²) in [5, 5.41) is 8.42. The van der Waals surface area contributed by atoms with E-state index in [1.807, 2.05) is 0 Å². The zero-order chi connectivity index (χ0) is 14.6. The molecule has 4 nitrogen and oxygen atoms in total. The summed E-state index contributed by atoms with van der Waals surface area (Å²) < 4.78 is 2.10. The van der Waals surface area contributed by atoms with Gasteiger partial charge in [0.05, 0.1) is 5.69 Å². The van der Waals surface area contributed by atoms with Crippen molar-refractivity contribution >= 4 is 0 Å². The molecule has 2 unspecified atom stereocenters. The monoisotopic (exact) mass is 278 g/mol. The molecule has 1 saturated heterocycles. The van der Waals surface area contributed by atoms with Crippen LogP contribution in [0.5, 0.6) is 0 Å². The Hall–Kier alpha value is -0.870. The summed E-state index contributed by atoms with van der Waals surface area (Å²) >= 11 is 0. The summed E-state index contributed by atoms with van der Waals surface area (Å²) in [6, 6.07) is 2.67. The standard InChI is InChI=1S/C16H30N4/c1-5-14(3)20-11-8-15(18-20)12-19-10-7-9-17-16(4,6-2)13-19/h8,11,14,17H,5-7,9-10,12-13H2,1-4H3. The SMILES string of the molecule is CCC(C)n1ccc(CN2CCCNC(C)(CC)C2)n1. The minimum absolute atomic E-state index is 0.246. The van der Waals surface area contributed by atoms with Crippen LogP contribution < -0.4 is 5.32 Å². The number of rotatable bonds is 5. The van der Waals surface area contributed by atoms with Crippen LogP contribution in [0.3, 0.4) is 0 Å². The summed E-state index contributed by atoms with van der Waals surface area (Å²) in [6.45, 7) is 13.4. The highest BCUT2D eigenvalue weighted by Gasteiger charge is 2.27. The van der Waals surface area contributed by atoms with E-state index < -0.39 is 0 Å². The van der Waals surface area contributed by atoms with Gasteiger partial charge in [-0.15, -0.1) is 0 Å².